The average Bonchev–Trinajstić information content (AvgIpc) is 2.74. The van der Waals surface area contributed by atoms with Gasteiger partial charge in [0.25, 0.3) is 0 Å². The van der Waals surface area contributed by atoms with Crippen LogP contribution in [0.1, 0.15) is 31.0 Å². The maximum absolute atomic E-state index is 12.9. The van der Waals surface area contributed by atoms with E-state index < -0.39 is 0 Å². The summed E-state index contributed by atoms with van der Waals surface area (Å²) in [5.74, 6) is 0.732. The second kappa shape index (κ2) is 9.78. The minimum absolute atomic E-state index is 0.119. The summed E-state index contributed by atoms with van der Waals surface area (Å²) in [5.41, 5.74) is 3.54. The van der Waals surface area contributed by atoms with Crippen LogP contribution in [-0.4, -0.2) is 39.9 Å². The Hall–Kier alpha value is -3.28. The minimum Gasteiger partial charge on any atom is -0.347 e. The zero-order valence-electron chi connectivity index (χ0n) is 17.2. The van der Waals surface area contributed by atoms with Crippen molar-refractivity contribution in [2.75, 3.05) is 19.0 Å². The van der Waals surface area contributed by atoms with Gasteiger partial charge in [-0.15, -0.1) is 0 Å². The van der Waals surface area contributed by atoms with Crippen LogP contribution < -0.4 is 4.90 Å². The lowest BCUT2D eigenvalue weighted by Gasteiger charge is -2.24. The number of benzene rings is 1. The van der Waals surface area contributed by atoms with Crippen molar-refractivity contribution in [1.29, 1.82) is 0 Å². The second-order valence-electron chi connectivity index (χ2n) is 7.13. The highest BCUT2D eigenvalue weighted by Crippen LogP contribution is 2.23. The van der Waals surface area contributed by atoms with E-state index in [9.17, 15) is 4.79 Å². The smallest absolute Gasteiger partial charge is 0.225 e. The molecule has 3 rings (SSSR count). The van der Waals surface area contributed by atoms with Gasteiger partial charge in [0, 0.05) is 45.0 Å². The van der Waals surface area contributed by atoms with Gasteiger partial charge in [0.2, 0.25) is 11.9 Å². The number of hydrogen-bond acceptors (Lipinski definition) is 5. The average molecular weight is 390 g/mol. The Morgan fingerprint density at radius 1 is 0.966 bits per heavy atom. The molecule has 0 radical (unpaired) electrons. The first-order valence-corrected chi connectivity index (χ1v) is 9.84. The van der Waals surface area contributed by atoms with Crippen LogP contribution in [0, 0.1) is 0 Å². The van der Waals surface area contributed by atoms with Gasteiger partial charge in [-0.25, -0.2) is 9.97 Å². The van der Waals surface area contributed by atoms with Crippen molar-refractivity contribution in [3.63, 3.8) is 0 Å². The van der Waals surface area contributed by atoms with Gasteiger partial charge in [0.1, 0.15) is 0 Å². The number of hydrogen-bond donors (Lipinski definition) is 0. The molecule has 0 saturated carbocycles. The Kier molecular flexibility index (Phi) is 6.89. The van der Waals surface area contributed by atoms with E-state index in [1.165, 1.54) is 0 Å². The highest BCUT2D eigenvalue weighted by Gasteiger charge is 2.19. The van der Waals surface area contributed by atoms with Crippen molar-refractivity contribution < 1.29 is 4.79 Å². The zero-order valence-corrected chi connectivity index (χ0v) is 17.2. The second-order valence-corrected chi connectivity index (χ2v) is 7.13. The predicted octanol–water partition coefficient (Wildman–Crippen LogP) is 3.93. The summed E-state index contributed by atoms with van der Waals surface area (Å²) in [7, 11) is 3.81. The normalized spacial score (nSPS) is 10.6. The van der Waals surface area contributed by atoms with Crippen molar-refractivity contribution in [3.8, 4) is 11.3 Å². The molecule has 0 aliphatic heterocycles. The fourth-order valence-corrected chi connectivity index (χ4v) is 3.07. The van der Waals surface area contributed by atoms with Crippen LogP contribution in [0.5, 0.6) is 0 Å². The van der Waals surface area contributed by atoms with E-state index in [0.29, 0.717) is 25.5 Å². The molecule has 0 saturated heterocycles. The summed E-state index contributed by atoms with van der Waals surface area (Å²) in [4.78, 5) is 30.3. The molecule has 6 heteroatoms. The lowest BCUT2D eigenvalue weighted by atomic mass is 10.1. The summed E-state index contributed by atoms with van der Waals surface area (Å²) in [5, 5.41) is 0. The Labute approximate surface area is 172 Å². The van der Waals surface area contributed by atoms with Crippen LogP contribution in [0.2, 0.25) is 0 Å². The number of carbonyl (C=O) groups excluding carboxylic acids is 1. The van der Waals surface area contributed by atoms with E-state index in [0.717, 1.165) is 28.9 Å². The van der Waals surface area contributed by atoms with Gasteiger partial charge in [-0.05, 0) is 24.1 Å². The molecular formula is C23H27N5O. The number of rotatable bonds is 8. The zero-order chi connectivity index (χ0) is 20.6. The van der Waals surface area contributed by atoms with E-state index in [-0.39, 0.29) is 5.91 Å². The van der Waals surface area contributed by atoms with E-state index in [2.05, 4.69) is 9.97 Å². The number of anilines is 1. The maximum Gasteiger partial charge on any atom is 0.225 e. The molecule has 0 atom stereocenters. The molecule has 150 valence electrons. The monoisotopic (exact) mass is 389 g/mol. The largest absolute Gasteiger partial charge is 0.347 e. The van der Waals surface area contributed by atoms with E-state index in [4.69, 9.17) is 4.98 Å². The van der Waals surface area contributed by atoms with Gasteiger partial charge in [-0.3, -0.25) is 9.78 Å². The van der Waals surface area contributed by atoms with Crippen LogP contribution in [0.3, 0.4) is 0 Å². The third kappa shape index (κ3) is 5.38. The van der Waals surface area contributed by atoms with Crippen molar-refractivity contribution >= 4 is 11.9 Å². The van der Waals surface area contributed by atoms with Gasteiger partial charge in [-0.2, -0.15) is 0 Å². The molecule has 0 aliphatic rings. The third-order valence-corrected chi connectivity index (χ3v) is 4.57. The molecule has 6 nitrogen and oxygen atoms in total. The summed E-state index contributed by atoms with van der Waals surface area (Å²) < 4.78 is 0. The Morgan fingerprint density at radius 3 is 2.38 bits per heavy atom. The summed E-state index contributed by atoms with van der Waals surface area (Å²) in [6.07, 6.45) is 4.87. The van der Waals surface area contributed by atoms with Gasteiger partial charge in [0.15, 0.2) is 0 Å². The number of amides is 1. The van der Waals surface area contributed by atoms with E-state index in [1.807, 2.05) is 79.3 Å². The lowest BCUT2D eigenvalue weighted by molar-refractivity contribution is -0.132. The van der Waals surface area contributed by atoms with Crippen LogP contribution in [-0.2, 0) is 17.9 Å². The summed E-state index contributed by atoms with van der Waals surface area (Å²) in [6.45, 7) is 2.97. The fourth-order valence-electron chi connectivity index (χ4n) is 3.07. The van der Waals surface area contributed by atoms with Gasteiger partial charge >= 0.3 is 0 Å². The predicted molar refractivity (Wildman–Crippen MR) is 115 cm³/mol. The summed E-state index contributed by atoms with van der Waals surface area (Å²) in [6, 6.07) is 15.8. The molecule has 0 N–H and O–H groups in total. The van der Waals surface area contributed by atoms with Gasteiger partial charge in [0.05, 0.1) is 17.9 Å². The number of carbonyl (C=O) groups is 1. The SMILES string of the molecule is CCCC(=O)N(Cc1ccccc1)Cc1nc(N(C)C)ncc1-c1ccccn1. The maximum atomic E-state index is 12.9. The van der Waals surface area contributed by atoms with Crippen LogP contribution >= 0.6 is 0 Å². The first-order chi connectivity index (χ1) is 14.1. The molecule has 0 fully saturated rings. The Balaban J connectivity index is 1.98. The molecule has 2 heterocycles. The quantitative estimate of drug-likeness (QED) is 0.584. The molecular weight excluding hydrogens is 362 g/mol. The molecule has 29 heavy (non-hydrogen) atoms. The van der Waals surface area contributed by atoms with Crippen LogP contribution in [0.15, 0.2) is 60.9 Å². The number of pyridine rings is 1. The van der Waals surface area contributed by atoms with E-state index >= 15 is 0 Å². The lowest BCUT2D eigenvalue weighted by Crippen LogP contribution is -2.30. The minimum atomic E-state index is 0.119. The number of aromatic nitrogens is 3. The molecule has 0 bridgehead atoms. The first kappa shape index (κ1) is 20.5. The molecule has 1 aromatic carbocycles. The van der Waals surface area contributed by atoms with Crippen molar-refractivity contribution in [2.24, 2.45) is 0 Å². The highest BCUT2D eigenvalue weighted by molar-refractivity contribution is 5.76. The van der Waals surface area contributed by atoms with Gasteiger partial charge in [-0.1, -0.05) is 43.3 Å². The molecule has 1 amide bonds. The van der Waals surface area contributed by atoms with Crippen molar-refractivity contribution in [2.45, 2.75) is 32.9 Å². The van der Waals surface area contributed by atoms with E-state index in [1.54, 1.807) is 12.4 Å². The Morgan fingerprint density at radius 2 is 1.72 bits per heavy atom. The van der Waals surface area contributed by atoms with Gasteiger partial charge < -0.3 is 9.80 Å². The van der Waals surface area contributed by atoms with Crippen molar-refractivity contribution in [1.82, 2.24) is 19.9 Å². The molecule has 2 aromatic heterocycles. The first-order valence-electron chi connectivity index (χ1n) is 9.84. The van der Waals surface area contributed by atoms with Crippen molar-refractivity contribution in [3.05, 3.63) is 72.2 Å². The third-order valence-electron chi connectivity index (χ3n) is 4.57. The fraction of sp³-hybridized carbons (Fsp3) is 0.304. The highest BCUT2D eigenvalue weighted by atomic mass is 16.2. The van der Waals surface area contributed by atoms with Crippen LogP contribution in [0.4, 0.5) is 5.95 Å². The Bertz CT molecular complexity index is 929. The number of nitrogens with zero attached hydrogens (tertiary/aromatic N) is 5. The molecule has 3 aromatic rings. The molecule has 0 spiro atoms. The standard InChI is InChI=1S/C23H27N5O/c1-4-10-22(29)28(16-18-11-6-5-7-12-18)17-21-19(20-13-8-9-14-24-20)15-25-23(26-21)27(2)3/h5-9,11-15H,4,10,16-17H2,1-3H3. The molecule has 0 unspecified atom stereocenters. The summed E-state index contributed by atoms with van der Waals surface area (Å²) >= 11 is 0. The molecule has 0 aliphatic carbocycles. The van der Waals surface area contributed by atoms with Crippen LogP contribution in [0.25, 0.3) is 11.3 Å². The topological polar surface area (TPSA) is 62.2 Å².